The van der Waals surface area contributed by atoms with E-state index in [0.717, 1.165) is 77.8 Å². The molecule has 3 heterocycles. The van der Waals surface area contributed by atoms with Gasteiger partial charge in [-0.25, -0.2) is 15.0 Å². The first-order valence-corrected chi connectivity index (χ1v) is 15.2. The van der Waals surface area contributed by atoms with Gasteiger partial charge in [-0.1, -0.05) is 109 Å². The summed E-state index contributed by atoms with van der Waals surface area (Å²) in [7, 11) is 0. The van der Waals surface area contributed by atoms with Gasteiger partial charge in [0.15, 0.2) is 11.4 Å². The van der Waals surface area contributed by atoms with Crippen molar-refractivity contribution in [3.05, 3.63) is 152 Å². The fourth-order valence-electron chi connectivity index (χ4n) is 6.18. The van der Waals surface area contributed by atoms with Gasteiger partial charge in [-0.15, -0.1) is 0 Å². The maximum Gasteiger partial charge on any atom is 0.228 e. The van der Waals surface area contributed by atoms with Crippen LogP contribution in [0.15, 0.2) is 160 Å². The Bertz CT molecular complexity index is 2500. The molecule has 0 radical (unpaired) electrons. The summed E-state index contributed by atoms with van der Waals surface area (Å²) in [5.41, 5.74) is 10.8. The van der Waals surface area contributed by atoms with E-state index < -0.39 is 0 Å². The SMILES string of the molecule is c1ccc(-c2cccc(-c3cc(-c4ccccc4)nc(-c4cccc5oc6cccc(-c7nc8ccccc8o7)c6c45)n3)c2)cc1. The molecule has 0 spiro atoms. The lowest BCUT2D eigenvalue weighted by Gasteiger charge is -2.11. The van der Waals surface area contributed by atoms with Crippen molar-refractivity contribution in [1.29, 1.82) is 0 Å². The number of aromatic nitrogens is 3. The predicted molar refractivity (Wildman–Crippen MR) is 184 cm³/mol. The van der Waals surface area contributed by atoms with Crippen molar-refractivity contribution in [2.45, 2.75) is 0 Å². The first-order chi connectivity index (χ1) is 22.8. The summed E-state index contributed by atoms with van der Waals surface area (Å²) in [6.07, 6.45) is 0. The molecule has 5 nitrogen and oxygen atoms in total. The zero-order valence-corrected chi connectivity index (χ0v) is 24.6. The van der Waals surface area contributed by atoms with E-state index in [0.29, 0.717) is 11.7 Å². The molecule has 9 aromatic rings. The molecule has 0 unspecified atom stereocenters. The van der Waals surface area contributed by atoms with Crippen LogP contribution >= 0.6 is 0 Å². The highest BCUT2D eigenvalue weighted by Crippen LogP contribution is 2.42. The minimum Gasteiger partial charge on any atom is -0.456 e. The Morgan fingerprint density at radius 3 is 1.70 bits per heavy atom. The molecule has 0 saturated heterocycles. The van der Waals surface area contributed by atoms with Gasteiger partial charge >= 0.3 is 0 Å². The molecular weight excluding hydrogens is 566 g/mol. The van der Waals surface area contributed by atoms with Crippen molar-refractivity contribution < 1.29 is 8.83 Å². The van der Waals surface area contributed by atoms with Gasteiger partial charge in [-0.05, 0) is 53.6 Å². The summed E-state index contributed by atoms with van der Waals surface area (Å²) in [5.74, 6) is 1.16. The molecule has 6 aromatic carbocycles. The van der Waals surface area contributed by atoms with E-state index in [1.165, 1.54) is 0 Å². The summed E-state index contributed by atoms with van der Waals surface area (Å²) >= 11 is 0. The van der Waals surface area contributed by atoms with Crippen molar-refractivity contribution in [2.24, 2.45) is 0 Å². The van der Waals surface area contributed by atoms with Crippen LogP contribution < -0.4 is 0 Å². The third-order valence-corrected chi connectivity index (χ3v) is 8.35. The molecule has 9 rings (SSSR count). The van der Waals surface area contributed by atoms with E-state index in [4.69, 9.17) is 23.8 Å². The van der Waals surface area contributed by atoms with E-state index in [-0.39, 0.29) is 0 Å². The van der Waals surface area contributed by atoms with Crippen molar-refractivity contribution >= 4 is 33.0 Å². The standard InChI is InChI=1S/C41H25N3O2/c1-3-12-26(13-4-1)28-16-9-17-29(24-28)34-25-33(27-14-5-2-6-15-27)42-40(43-34)30-18-10-22-36-38(30)39-31(19-11-23-37(39)45-36)41-44-32-20-7-8-21-35(32)46-41/h1-25H. The number of hydrogen-bond donors (Lipinski definition) is 0. The molecule has 3 aromatic heterocycles. The fourth-order valence-corrected chi connectivity index (χ4v) is 6.18. The number of hydrogen-bond acceptors (Lipinski definition) is 5. The highest BCUT2D eigenvalue weighted by atomic mass is 16.3. The first-order valence-electron chi connectivity index (χ1n) is 15.2. The number of benzene rings is 6. The van der Waals surface area contributed by atoms with Crippen LogP contribution in [0.25, 0.3) is 89.5 Å². The van der Waals surface area contributed by atoms with Crippen LogP contribution in [0.5, 0.6) is 0 Å². The van der Waals surface area contributed by atoms with Crippen LogP contribution in [0, 0.1) is 0 Å². The Hall–Kier alpha value is -6.33. The highest BCUT2D eigenvalue weighted by Gasteiger charge is 2.21. The van der Waals surface area contributed by atoms with E-state index in [1.54, 1.807) is 0 Å². The molecule has 5 heteroatoms. The third kappa shape index (κ3) is 4.45. The molecule has 0 aliphatic carbocycles. The zero-order chi connectivity index (χ0) is 30.5. The molecule has 0 amide bonds. The topological polar surface area (TPSA) is 65.0 Å². The second-order valence-electron chi connectivity index (χ2n) is 11.2. The number of nitrogens with zero attached hydrogens (tertiary/aromatic N) is 3. The van der Waals surface area contributed by atoms with Gasteiger partial charge < -0.3 is 8.83 Å². The number of furan rings is 1. The van der Waals surface area contributed by atoms with Crippen molar-refractivity contribution in [1.82, 2.24) is 15.0 Å². The summed E-state index contributed by atoms with van der Waals surface area (Å²) in [6, 6.07) is 51.0. The van der Waals surface area contributed by atoms with Crippen LogP contribution in [0.1, 0.15) is 0 Å². The minimum absolute atomic E-state index is 0.543. The maximum absolute atomic E-state index is 6.42. The van der Waals surface area contributed by atoms with Gasteiger partial charge in [0.2, 0.25) is 5.89 Å². The molecule has 0 aliphatic heterocycles. The molecule has 46 heavy (non-hydrogen) atoms. The minimum atomic E-state index is 0.543. The molecule has 0 bridgehead atoms. The van der Waals surface area contributed by atoms with Gasteiger partial charge in [0.05, 0.1) is 11.4 Å². The fraction of sp³-hybridized carbons (Fsp3) is 0. The third-order valence-electron chi connectivity index (χ3n) is 8.35. The largest absolute Gasteiger partial charge is 0.456 e. The Morgan fingerprint density at radius 2 is 0.935 bits per heavy atom. The molecular formula is C41H25N3O2. The van der Waals surface area contributed by atoms with E-state index in [1.807, 2.05) is 78.9 Å². The second kappa shape index (κ2) is 10.7. The van der Waals surface area contributed by atoms with Gasteiger partial charge in [-0.3, -0.25) is 0 Å². The maximum atomic E-state index is 6.42. The van der Waals surface area contributed by atoms with Gasteiger partial charge in [0.1, 0.15) is 16.7 Å². The smallest absolute Gasteiger partial charge is 0.228 e. The number of oxazole rings is 1. The number of fused-ring (bicyclic) bond motifs is 4. The summed E-state index contributed by atoms with van der Waals surface area (Å²) in [5, 5.41) is 1.84. The van der Waals surface area contributed by atoms with Crippen LogP contribution in [0.4, 0.5) is 0 Å². The van der Waals surface area contributed by atoms with E-state index >= 15 is 0 Å². The Labute approximate surface area is 264 Å². The molecule has 216 valence electrons. The average molecular weight is 592 g/mol. The highest BCUT2D eigenvalue weighted by molar-refractivity contribution is 6.17. The van der Waals surface area contributed by atoms with Crippen LogP contribution in [0.3, 0.4) is 0 Å². The lowest BCUT2D eigenvalue weighted by Crippen LogP contribution is -1.96. The first kappa shape index (κ1) is 26.1. The molecule has 0 saturated carbocycles. The number of para-hydroxylation sites is 2. The molecule has 0 fully saturated rings. The Morgan fingerprint density at radius 1 is 0.370 bits per heavy atom. The molecule has 0 aliphatic rings. The monoisotopic (exact) mass is 591 g/mol. The summed E-state index contributed by atoms with van der Waals surface area (Å²) in [4.78, 5) is 15.2. The summed E-state index contributed by atoms with van der Waals surface area (Å²) < 4.78 is 12.7. The van der Waals surface area contributed by atoms with E-state index in [9.17, 15) is 0 Å². The average Bonchev–Trinajstić information content (AvgIpc) is 3.74. The van der Waals surface area contributed by atoms with Gasteiger partial charge in [0, 0.05) is 33.0 Å². The van der Waals surface area contributed by atoms with Gasteiger partial charge in [-0.2, -0.15) is 0 Å². The van der Waals surface area contributed by atoms with Crippen LogP contribution in [0.2, 0.25) is 0 Å². The van der Waals surface area contributed by atoms with Crippen LogP contribution in [-0.2, 0) is 0 Å². The normalized spacial score (nSPS) is 11.5. The summed E-state index contributed by atoms with van der Waals surface area (Å²) in [6.45, 7) is 0. The lowest BCUT2D eigenvalue weighted by atomic mass is 9.99. The van der Waals surface area contributed by atoms with Crippen molar-refractivity contribution in [3.8, 4) is 56.5 Å². The molecule has 0 atom stereocenters. The Kier molecular flexibility index (Phi) is 6.06. The van der Waals surface area contributed by atoms with E-state index in [2.05, 4.69) is 72.8 Å². The lowest BCUT2D eigenvalue weighted by molar-refractivity contribution is 0.620. The molecule has 0 N–H and O–H groups in total. The van der Waals surface area contributed by atoms with Crippen LogP contribution in [-0.4, -0.2) is 15.0 Å². The second-order valence-corrected chi connectivity index (χ2v) is 11.2. The zero-order valence-electron chi connectivity index (χ0n) is 24.6. The Balaban J connectivity index is 1.29. The van der Waals surface area contributed by atoms with Crippen molar-refractivity contribution in [3.63, 3.8) is 0 Å². The predicted octanol–water partition coefficient (Wildman–Crippen LogP) is 10.9. The van der Waals surface area contributed by atoms with Gasteiger partial charge in [0.25, 0.3) is 0 Å². The quantitative estimate of drug-likeness (QED) is 0.199. The van der Waals surface area contributed by atoms with Crippen molar-refractivity contribution in [2.75, 3.05) is 0 Å². The number of rotatable bonds is 5.